The molecule has 0 heterocycles. The molecule has 0 amide bonds. The normalized spacial score (nSPS) is 37.9. The van der Waals surface area contributed by atoms with Gasteiger partial charge in [0, 0.05) is 5.92 Å². The Bertz CT molecular complexity index is 504. The van der Waals surface area contributed by atoms with Gasteiger partial charge in [-0.25, -0.2) is 0 Å². The number of allylic oxidation sites excluding steroid dienone is 6. The molecule has 16 heavy (non-hydrogen) atoms. The lowest BCUT2D eigenvalue weighted by atomic mass is 9.85. The zero-order valence-electron chi connectivity index (χ0n) is 9.08. The van der Waals surface area contributed by atoms with Gasteiger partial charge in [0.2, 0.25) is 0 Å². The van der Waals surface area contributed by atoms with Crippen LogP contribution in [0.15, 0.2) is 60.7 Å². The van der Waals surface area contributed by atoms with Gasteiger partial charge < -0.3 is 0 Å². The van der Waals surface area contributed by atoms with E-state index in [4.69, 9.17) is 0 Å². The Kier molecular flexibility index (Phi) is 1.59. The van der Waals surface area contributed by atoms with Crippen molar-refractivity contribution in [3.8, 4) is 0 Å². The molecule has 0 fully saturated rings. The second-order valence-corrected chi connectivity index (χ2v) is 5.02. The summed E-state index contributed by atoms with van der Waals surface area (Å²) >= 11 is 0. The van der Waals surface area contributed by atoms with E-state index >= 15 is 0 Å². The van der Waals surface area contributed by atoms with Crippen LogP contribution >= 0.6 is 0 Å². The van der Waals surface area contributed by atoms with Crippen molar-refractivity contribution in [1.29, 1.82) is 0 Å². The van der Waals surface area contributed by atoms with Crippen LogP contribution in [0, 0.1) is 23.7 Å². The quantitative estimate of drug-likeness (QED) is 0.615. The van der Waals surface area contributed by atoms with Crippen LogP contribution < -0.4 is 0 Å². The zero-order valence-corrected chi connectivity index (χ0v) is 9.08. The van der Waals surface area contributed by atoms with Crippen molar-refractivity contribution in [3.63, 3.8) is 0 Å². The van der Waals surface area contributed by atoms with Crippen molar-refractivity contribution in [2.45, 2.75) is 0 Å². The molecule has 0 aromatic heterocycles. The average Bonchev–Trinajstić information content (AvgIpc) is 2.99. The molecule has 0 aliphatic heterocycles. The summed E-state index contributed by atoms with van der Waals surface area (Å²) in [6.07, 6.45) is 12.1. The van der Waals surface area contributed by atoms with Gasteiger partial charge in [0.15, 0.2) is 0 Å². The van der Waals surface area contributed by atoms with Gasteiger partial charge in [0.05, 0.1) is 0 Å². The van der Waals surface area contributed by atoms with E-state index in [2.05, 4.69) is 60.7 Å². The lowest BCUT2D eigenvalue weighted by Gasteiger charge is -2.17. The SMILES string of the molecule is C1=C[C@@H]2C=C(c3ccccc3)[C@@H]3C=C[C@@H]1[C@@H]23. The lowest BCUT2D eigenvalue weighted by Crippen LogP contribution is -2.12. The molecule has 78 valence electrons. The first-order valence-corrected chi connectivity index (χ1v) is 6.07. The summed E-state index contributed by atoms with van der Waals surface area (Å²) in [4.78, 5) is 0. The lowest BCUT2D eigenvalue weighted by molar-refractivity contribution is 0.423. The van der Waals surface area contributed by atoms with Crippen LogP contribution in [0.1, 0.15) is 5.56 Å². The van der Waals surface area contributed by atoms with E-state index in [1.807, 2.05) is 0 Å². The molecule has 0 saturated heterocycles. The maximum Gasteiger partial charge on any atom is 0.00667 e. The highest BCUT2D eigenvalue weighted by molar-refractivity contribution is 5.73. The highest BCUT2D eigenvalue weighted by Gasteiger charge is 2.44. The minimum absolute atomic E-state index is 0.660. The van der Waals surface area contributed by atoms with Crippen molar-refractivity contribution < 1.29 is 0 Å². The molecular weight excluding hydrogens is 192 g/mol. The predicted octanol–water partition coefficient (Wildman–Crippen LogP) is 3.69. The van der Waals surface area contributed by atoms with Gasteiger partial charge >= 0.3 is 0 Å². The Morgan fingerprint density at radius 1 is 0.750 bits per heavy atom. The Balaban J connectivity index is 1.82. The summed E-state index contributed by atoms with van der Waals surface area (Å²) in [5.74, 6) is 2.84. The molecule has 0 N–H and O–H groups in total. The highest BCUT2D eigenvalue weighted by atomic mass is 14.5. The van der Waals surface area contributed by atoms with Crippen LogP contribution in [-0.4, -0.2) is 0 Å². The van der Waals surface area contributed by atoms with E-state index in [9.17, 15) is 0 Å². The van der Waals surface area contributed by atoms with Gasteiger partial charge in [0.1, 0.15) is 0 Å². The third-order valence-corrected chi connectivity index (χ3v) is 4.24. The summed E-state index contributed by atoms with van der Waals surface area (Å²) < 4.78 is 0. The second-order valence-electron chi connectivity index (χ2n) is 5.02. The number of benzene rings is 1. The third kappa shape index (κ3) is 0.996. The van der Waals surface area contributed by atoms with Crippen LogP contribution in [0.4, 0.5) is 0 Å². The third-order valence-electron chi connectivity index (χ3n) is 4.24. The van der Waals surface area contributed by atoms with E-state index in [1.165, 1.54) is 5.56 Å². The van der Waals surface area contributed by atoms with Crippen LogP contribution in [0.2, 0.25) is 0 Å². The van der Waals surface area contributed by atoms with E-state index in [-0.39, 0.29) is 0 Å². The largest absolute Gasteiger partial charge is 0.0807 e. The fraction of sp³-hybridized carbons (Fsp3) is 0.250. The average molecular weight is 206 g/mol. The Labute approximate surface area is 96.0 Å². The van der Waals surface area contributed by atoms with Crippen LogP contribution in [0.5, 0.6) is 0 Å². The van der Waals surface area contributed by atoms with Crippen molar-refractivity contribution >= 4 is 5.57 Å². The van der Waals surface area contributed by atoms with E-state index in [1.54, 1.807) is 5.57 Å². The molecule has 3 aliphatic carbocycles. The van der Waals surface area contributed by atoms with Gasteiger partial charge in [-0.3, -0.25) is 0 Å². The van der Waals surface area contributed by atoms with E-state index in [0.717, 1.165) is 5.92 Å². The van der Waals surface area contributed by atoms with Crippen molar-refractivity contribution in [2.75, 3.05) is 0 Å². The smallest absolute Gasteiger partial charge is 0.00667 e. The number of rotatable bonds is 1. The maximum atomic E-state index is 2.48. The molecule has 0 spiro atoms. The van der Waals surface area contributed by atoms with Crippen molar-refractivity contribution in [2.24, 2.45) is 23.7 Å². The Morgan fingerprint density at radius 3 is 2.38 bits per heavy atom. The number of hydrogen-bond donors (Lipinski definition) is 0. The zero-order chi connectivity index (χ0) is 10.5. The predicted molar refractivity (Wildman–Crippen MR) is 66.7 cm³/mol. The molecule has 1 aromatic carbocycles. The van der Waals surface area contributed by atoms with Crippen molar-refractivity contribution in [1.82, 2.24) is 0 Å². The minimum Gasteiger partial charge on any atom is -0.0807 e. The van der Waals surface area contributed by atoms with Gasteiger partial charge in [-0.2, -0.15) is 0 Å². The Hall–Kier alpha value is -1.56. The van der Waals surface area contributed by atoms with Gasteiger partial charge in [0.25, 0.3) is 0 Å². The molecule has 4 rings (SSSR count). The van der Waals surface area contributed by atoms with E-state index in [0.29, 0.717) is 17.8 Å². The summed E-state index contributed by atoms with van der Waals surface area (Å²) in [6, 6.07) is 10.8. The summed E-state index contributed by atoms with van der Waals surface area (Å²) in [6.45, 7) is 0. The monoisotopic (exact) mass is 206 g/mol. The molecule has 1 aromatic rings. The fourth-order valence-corrected chi connectivity index (χ4v) is 3.53. The first kappa shape index (κ1) is 8.58. The van der Waals surface area contributed by atoms with Gasteiger partial charge in [-0.05, 0) is 28.9 Å². The second kappa shape index (κ2) is 2.98. The van der Waals surface area contributed by atoms with Gasteiger partial charge in [-0.15, -0.1) is 0 Å². The van der Waals surface area contributed by atoms with Gasteiger partial charge in [-0.1, -0.05) is 60.7 Å². The molecule has 3 aliphatic rings. The topological polar surface area (TPSA) is 0 Å². The van der Waals surface area contributed by atoms with Crippen LogP contribution in [0.25, 0.3) is 5.57 Å². The minimum atomic E-state index is 0.660. The number of hydrogen-bond acceptors (Lipinski definition) is 0. The Morgan fingerprint density at radius 2 is 1.50 bits per heavy atom. The van der Waals surface area contributed by atoms with Crippen molar-refractivity contribution in [3.05, 3.63) is 66.3 Å². The summed E-state index contributed by atoms with van der Waals surface area (Å²) in [5.41, 5.74) is 2.94. The standard InChI is InChI=1S/C16H14/c1-2-4-11(5-3-1)15-10-13-7-6-12-8-9-14(15)16(12)13/h1-10,12-14,16H/t12-,13-,14+,16+/m1/s1. The molecule has 0 radical (unpaired) electrons. The molecule has 0 bridgehead atoms. The van der Waals surface area contributed by atoms with E-state index < -0.39 is 0 Å². The first-order valence-electron chi connectivity index (χ1n) is 6.07. The van der Waals surface area contributed by atoms with Crippen LogP contribution in [0.3, 0.4) is 0 Å². The molecule has 0 nitrogen and oxygen atoms in total. The molecular formula is C16H14. The highest BCUT2D eigenvalue weighted by Crippen LogP contribution is 2.53. The summed E-state index contributed by atoms with van der Waals surface area (Å²) in [7, 11) is 0. The molecule has 0 heteroatoms. The maximum absolute atomic E-state index is 2.48. The molecule has 0 unspecified atom stereocenters. The first-order chi connectivity index (χ1) is 7.93. The summed E-state index contributed by atoms with van der Waals surface area (Å²) in [5, 5.41) is 0. The molecule has 4 atom stereocenters. The molecule has 0 saturated carbocycles. The van der Waals surface area contributed by atoms with Crippen LogP contribution in [-0.2, 0) is 0 Å². The fourth-order valence-electron chi connectivity index (χ4n) is 3.53.